The van der Waals surface area contributed by atoms with Gasteiger partial charge in [-0.3, -0.25) is 19.2 Å². The van der Waals surface area contributed by atoms with Gasteiger partial charge in [-0.25, -0.2) is 9.18 Å². The number of alkyl halides is 1. The minimum Gasteiger partial charge on any atom is -0.469 e. The first-order valence-corrected chi connectivity index (χ1v) is 10.5. The van der Waals surface area contributed by atoms with Crippen molar-refractivity contribution in [3.63, 3.8) is 0 Å². The molecule has 1 unspecified atom stereocenters. The zero-order valence-electron chi connectivity index (χ0n) is 19.3. The van der Waals surface area contributed by atoms with Crippen LogP contribution in [0.3, 0.4) is 0 Å². The van der Waals surface area contributed by atoms with E-state index in [9.17, 15) is 28.4 Å². The molecule has 0 aliphatic carbocycles. The van der Waals surface area contributed by atoms with Crippen LogP contribution < -0.4 is 10.6 Å². The quantitative estimate of drug-likeness (QED) is 0.426. The predicted molar refractivity (Wildman–Crippen MR) is 117 cm³/mol. The number of Topliss-reactive ketones (excluding diaryl/α,β-unsaturated/α-hetero) is 2. The number of hydrogen-bond acceptors (Lipinski definition) is 7. The molecule has 0 aliphatic rings. The Labute approximate surface area is 192 Å². The third-order valence-electron chi connectivity index (χ3n) is 4.89. The lowest BCUT2D eigenvalue weighted by Crippen LogP contribution is -2.48. The molecule has 1 rings (SSSR count). The Hall–Kier alpha value is -3.30. The Morgan fingerprint density at radius 3 is 2.12 bits per heavy atom. The summed E-state index contributed by atoms with van der Waals surface area (Å²) in [6.45, 7) is 3.59. The number of benzene rings is 1. The number of hydrogen-bond donors (Lipinski definition) is 2. The Morgan fingerprint density at radius 1 is 0.939 bits per heavy atom. The van der Waals surface area contributed by atoms with Crippen LogP contribution in [0.2, 0.25) is 0 Å². The van der Waals surface area contributed by atoms with E-state index in [1.54, 1.807) is 38.1 Å². The third kappa shape index (κ3) is 9.80. The molecular formula is C23H31FN2O7. The number of amides is 2. The highest BCUT2D eigenvalue weighted by Crippen LogP contribution is 2.13. The van der Waals surface area contributed by atoms with E-state index < -0.39 is 60.6 Å². The summed E-state index contributed by atoms with van der Waals surface area (Å²) in [5.41, 5.74) is 0.787. The van der Waals surface area contributed by atoms with Crippen LogP contribution in [0.1, 0.15) is 39.2 Å². The first kappa shape index (κ1) is 27.7. The van der Waals surface area contributed by atoms with E-state index in [4.69, 9.17) is 4.74 Å². The van der Waals surface area contributed by atoms with E-state index in [1.807, 2.05) is 6.07 Å². The van der Waals surface area contributed by atoms with E-state index in [-0.39, 0.29) is 18.9 Å². The molecule has 9 nitrogen and oxygen atoms in total. The minimum absolute atomic E-state index is 0.0364. The van der Waals surface area contributed by atoms with Gasteiger partial charge in [0.05, 0.1) is 19.6 Å². The third-order valence-corrected chi connectivity index (χ3v) is 4.89. The summed E-state index contributed by atoms with van der Waals surface area (Å²) in [5, 5.41) is 4.82. The summed E-state index contributed by atoms with van der Waals surface area (Å²) < 4.78 is 22.4. The molecule has 10 heteroatoms. The standard InChI is InChI=1S/C23H31FN2O7/c1-14(2)21(26-23(31)33-13-16-8-6-5-7-9-16)18(27)10-15(3)22(30)25-17(19(28)12-24)11-20(29)32-4/h5-9,14-15,17,21H,10-13H2,1-4H3,(H,25,30)(H,26,31)/t15-,17?,21+/m0/s1. The summed E-state index contributed by atoms with van der Waals surface area (Å²) in [6, 6.07) is 6.74. The molecule has 0 fully saturated rings. The maximum Gasteiger partial charge on any atom is 0.408 e. The van der Waals surface area contributed by atoms with Crippen LogP contribution in [0.25, 0.3) is 0 Å². The van der Waals surface area contributed by atoms with Crippen molar-refractivity contribution in [3.8, 4) is 0 Å². The average molecular weight is 467 g/mol. The number of alkyl carbamates (subject to hydrolysis) is 1. The molecule has 0 aliphatic heterocycles. The van der Waals surface area contributed by atoms with Crippen molar-refractivity contribution in [1.29, 1.82) is 0 Å². The molecular weight excluding hydrogens is 435 g/mol. The number of carbonyl (C=O) groups excluding carboxylic acids is 5. The normalized spacial score (nSPS) is 13.4. The molecule has 0 spiro atoms. The van der Waals surface area contributed by atoms with Crippen LogP contribution in [0.5, 0.6) is 0 Å². The van der Waals surface area contributed by atoms with Gasteiger partial charge in [-0.1, -0.05) is 51.1 Å². The first-order chi connectivity index (χ1) is 15.6. The van der Waals surface area contributed by atoms with Crippen LogP contribution in [-0.2, 0) is 35.3 Å². The van der Waals surface area contributed by atoms with E-state index in [1.165, 1.54) is 6.92 Å². The van der Waals surface area contributed by atoms with E-state index in [2.05, 4.69) is 15.4 Å². The van der Waals surface area contributed by atoms with Crippen LogP contribution in [0.4, 0.5) is 9.18 Å². The molecule has 0 radical (unpaired) electrons. The fourth-order valence-corrected chi connectivity index (χ4v) is 2.93. The van der Waals surface area contributed by atoms with Gasteiger partial charge in [0.2, 0.25) is 5.91 Å². The molecule has 0 saturated heterocycles. The summed E-state index contributed by atoms with van der Waals surface area (Å²) in [7, 11) is 1.10. The Morgan fingerprint density at radius 2 is 1.58 bits per heavy atom. The number of rotatable bonds is 13. The zero-order valence-corrected chi connectivity index (χ0v) is 19.3. The van der Waals surface area contributed by atoms with Gasteiger partial charge in [0.1, 0.15) is 19.3 Å². The van der Waals surface area contributed by atoms with Gasteiger partial charge in [0, 0.05) is 12.3 Å². The van der Waals surface area contributed by atoms with Gasteiger partial charge in [-0.2, -0.15) is 0 Å². The lowest BCUT2D eigenvalue weighted by Gasteiger charge is -2.23. The molecule has 0 aromatic heterocycles. The lowest BCUT2D eigenvalue weighted by atomic mass is 9.92. The van der Waals surface area contributed by atoms with Crippen LogP contribution in [0, 0.1) is 11.8 Å². The number of nitrogens with one attached hydrogen (secondary N) is 2. The number of methoxy groups -OCH3 is 1. The second-order valence-electron chi connectivity index (χ2n) is 7.94. The molecule has 0 heterocycles. The van der Waals surface area contributed by atoms with E-state index in [0.29, 0.717) is 0 Å². The SMILES string of the molecule is COC(=O)CC(NC(=O)[C@@H](C)CC(=O)[C@H](NC(=O)OCc1ccccc1)C(C)C)C(=O)CF. The Balaban J connectivity index is 2.68. The smallest absolute Gasteiger partial charge is 0.408 e. The van der Waals surface area contributed by atoms with Gasteiger partial charge in [-0.15, -0.1) is 0 Å². The second-order valence-corrected chi connectivity index (χ2v) is 7.94. The summed E-state index contributed by atoms with van der Waals surface area (Å²) in [5.74, 6) is -4.05. The van der Waals surface area contributed by atoms with Crippen molar-refractivity contribution in [1.82, 2.24) is 10.6 Å². The van der Waals surface area contributed by atoms with Crippen LogP contribution >= 0.6 is 0 Å². The van der Waals surface area contributed by atoms with Crippen LogP contribution in [0.15, 0.2) is 30.3 Å². The van der Waals surface area contributed by atoms with Gasteiger partial charge < -0.3 is 20.1 Å². The molecule has 0 saturated carbocycles. The zero-order chi connectivity index (χ0) is 25.0. The topological polar surface area (TPSA) is 128 Å². The highest BCUT2D eigenvalue weighted by Gasteiger charge is 2.30. The van der Waals surface area contributed by atoms with Crippen molar-refractivity contribution >= 4 is 29.5 Å². The monoisotopic (exact) mass is 466 g/mol. The van der Waals surface area contributed by atoms with Gasteiger partial charge >= 0.3 is 12.1 Å². The maximum atomic E-state index is 12.8. The number of ketones is 2. The summed E-state index contributed by atoms with van der Waals surface area (Å²) >= 11 is 0. The van der Waals surface area contributed by atoms with E-state index in [0.717, 1.165) is 12.7 Å². The van der Waals surface area contributed by atoms with E-state index >= 15 is 0 Å². The van der Waals surface area contributed by atoms with Crippen molar-refractivity contribution in [2.24, 2.45) is 11.8 Å². The van der Waals surface area contributed by atoms with Gasteiger partial charge in [-0.05, 0) is 11.5 Å². The Bertz CT molecular complexity index is 829. The molecule has 2 N–H and O–H groups in total. The molecule has 33 heavy (non-hydrogen) atoms. The minimum atomic E-state index is -1.39. The molecule has 0 bridgehead atoms. The first-order valence-electron chi connectivity index (χ1n) is 10.5. The largest absolute Gasteiger partial charge is 0.469 e. The highest BCUT2D eigenvalue weighted by atomic mass is 19.1. The molecule has 182 valence electrons. The number of halogens is 1. The second kappa shape index (κ2) is 14.0. The van der Waals surface area contributed by atoms with Gasteiger partial charge in [0.25, 0.3) is 0 Å². The lowest BCUT2D eigenvalue weighted by molar-refractivity contribution is -0.143. The fourth-order valence-electron chi connectivity index (χ4n) is 2.93. The number of ether oxygens (including phenoxy) is 2. The number of esters is 1. The molecule has 3 atom stereocenters. The van der Waals surface area contributed by atoms with Crippen molar-refractivity contribution in [2.45, 2.75) is 52.3 Å². The predicted octanol–water partition coefficient (Wildman–Crippen LogP) is 2.12. The van der Waals surface area contributed by atoms with Crippen molar-refractivity contribution < 1.29 is 37.8 Å². The van der Waals surface area contributed by atoms with Gasteiger partial charge in [0.15, 0.2) is 11.6 Å². The molecule has 1 aromatic carbocycles. The maximum absolute atomic E-state index is 12.8. The highest BCUT2D eigenvalue weighted by molar-refractivity contribution is 5.95. The van der Waals surface area contributed by atoms with Crippen molar-refractivity contribution in [2.75, 3.05) is 13.8 Å². The summed E-state index contributed by atoms with van der Waals surface area (Å²) in [6.07, 6.45) is -1.54. The number of carbonyl (C=O) groups is 5. The molecule has 2 amide bonds. The van der Waals surface area contributed by atoms with Crippen LogP contribution in [-0.4, -0.2) is 55.4 Å². The average Bonchev–Trinajstić information content (AvgIpc) is 2.80. The summed E-state index contributed by atoms with van der Waals surface area (Å²) in [4.78, 5) is 60.5. The fraction of sp³-hybridized carbons (Fsp3) is 0.522. The van der Waals surface area contributed by atoms with Crippen molar-refractivity contribution in [3.05, 3.63) is 35.9 Å². The molecule has 1 aromatic rings. The Kier molecular flexibility index (Phi) is 11.7.